The molecular weight excluding hydrogens is 260 g/mol. The van der Waals surface area contributed by atoms with Crippen LogP contribution in [0.25, 0.3) is 0 Å². The number of hydrogen-bond donors (Lipinski definition) is 2. The first kappa shape index (κ1) is 13.6. The summed E-state index contributed by atoms with van der Waals surface area (Å²) in [5, 5.41) is 4.09. The van der Waals surface area contributed by atoms with Crippen LogP contribution in [0.1, 0.15) is 18.5 Å². The normalized spacial score (nSPS) is 11.9. The molecule has 1 atom stereocenters. The van der Waals surface area contributed by atoms with Gasteiger partial charge in [0.05, 0.1) is 18.5 Å². The van der Waals surface area contributed by atoms with Gasteiger partial charge in [0.1, 0.15) is 5.75 Å². The minimum Gasteiger partial charge on any atom is -0.495 e. The van der Waals surface area contributed by atoms with Gasteiger partial charge in [0, 0.05) is 11.1 Å². The predicted molar refractivity (Wildman–Crippen MR) is 80.9 cm³/mol. The SMILES string of the molecule is COc1cccc(NC(C)c2cccc(Cl)c2)c1N. The van der Waals surface area contributed by atoms with E-state index in [1.54, 1.807) is 7.11 Å². The van der Waals surface area contributed by atoms with Gasteiger partial charge in [-0.05, 0) is 36.8 Å². The molecule has 0 aromatic heterocycles. The van der Waals surface area contributed by atoms with E-state index in [9.17, 15) is 0 Å². The van der Waals surface area contributed by atoms with Gasteiger partial charge in [0.2, 0.25) is 0 Å². The second-order valence-corrected chi connectivity index (χ2v) is 4.78. The highest BCUT2D eigenvalue weighted by Crippen LogP contribution is 2.31. The average Bonchev–Trinajstić information content (AvgIpc) is 2.41. The Morgan fingerprint density at radius 1 is 1.21 bits per heavy atom. The summed E-state index contributed by atoms with van der Waals surface area (Å²) < 4.78 is 5.21. The molecular formula is C15H17ClN2O. The smallest absolute Gasteiger partial charge is 0.143 e. The molecule has 0 aliphatic carbocycles. The molecule has 3 N–H and O–H groups in total. The third-order valence-electron chi connectivity index (χ3n) is 3.01. The van der Waals surface area contributed by atoms with Crippen LogP contribution in [0, 0.1) is 0 Å². The molecule has 0 amide bonds. The fraction of sp³-hybridized carbons (Fsp3) is 0.200. The highest BCUT2D eigenvalue weighted by atomic mass is 35.5. The molecule has 2 aromatic carbocycles. The van der Waals surface area contributed by atoms with Gasteiger partial charge < -0.3 is 15.8 Å². The molecule has 0 radical (unpaired) electrons. The van der Waals surface area contributed by atoms with Crippen molar-refractivity contribution in [3.8, 4) is 5.75 Å². The van der Waals surface area contributed by atoms with Crippen molar-refractivity contribution in [2.45, 2.75) is 13.0 Å². The van der Waals surface area contributed by atoms with E-state index in [1.165, 1.54) is 0 Å². The van der Waals surface area contributed by atoms with E-state index in [4.69, 9.17) is 22.1 Å². The average molecular weight is 277 g/mol. The van der Waals surface area contributed by atoms with E-state index in [-0.39, 0.29) is 6.04 Å². The van der Waals surface area contributed by atoms with Gasteiger partial charge in [-0.3, -0.25) is 0 Å². The van der Waals surface area contributed by atoms with Crippen molar-refractivity contribution in [2.24, 2.45) is 0 Å². The maximum absolute atomic E-state index is 6.04. The molecule has 2 aromatic rings. The first-order valence-corrected chi connectivity index (χ1v) is 6.44. The van der Waals surface area contributed by atoms with Gasteiger partial charge in [0.25, 0.3) is 0 Å². The highest BCUT2D eigenvalue weighted by molar-refractivity contribution is 6.30. The Morgan fingerprint density at radius 3 is 2.63 bits per heavy atom. The van der Waals surface area contributed by atoms with Crippen molar-refractivity contribution < 1.29 is 4.74 Å². The molecule has 0 aliphatic rings. The topological polar surface area (TPSA) is 47.3 Å². The Balaban J connectivity index is 2.21. The van der Waals surface area contributed by atoms with Crippen molar-refractivity contribution in [2.75, 3.05) is 18.2 Å². The van der Waals surface area contributed by atoms with Crippen LogP contribution in [0.5, 0.6) is 5.75 Å². The minimum absolute atomic E-state index is 0.105. The van der Waals surface area contributed by atoms with E-state index >= 15 is 0 Å². The van der Waals surface area contributed by atoms with E-state index in [0.29, 0.717) is 11.4 Å². The number of methoxy groups -OCH3 is 1. The molecule has 100 valence electrons. The number of hydrogen-bond acceptors (Lipinski definition) is 3. The molecule has 0 fully saturated rings. The first-order chi connectivity index (χ1) is 9.11. The van der Waals surface area contributed by atoms with Gasteiger partial charge in [-0.2, -0.15) is 0 Å². The van der Waals surface area contributed by atoms with Crippen LogP contribution in [0.2, 0.25) is 5.02 Å². The third kappa shape index (κ3) is 3.12. The number of nitrogen functional groups attached to an aromatic ring is 1. The maximum Gasteiger partial charge on any atom is 0.143 e. The Hall–Kier alpha value is -1.87. The fourth-order valence-corrected chi connectivity index (χ4v) is 2.14. The molecule has 19 heavy (non-hydrogen) atoms. The first-order valence-electron chi connectivity index (χ1n) is 6.06. The maximum atomic E-state index is 6.04. The number of nitrogens with two attached hydrogens (primary N) is 1. The van der Waals surface area contributed by atoms with Crippen molar-refractivity contribution in [1.29, 1.82) is 0 Å². The number of anilines is 2. The zero-order valence-electron chi connectivity index (χ0n) is 11.0. The molecule has 0 saturated heterocycles. The Morgan fingerprint density at radius 2 is 1.95 bits per heavy atom. The fourth-order valence-electron chi connectivity index (χ4n) is 1.94. The van der Waals surface area contributed by atoms with Crippen LogP contribution in [0.3, 0.4) is 0 Å². The van der Waals surface area contributed by atoms with Gasteiger partial charge in [-0.1, -0.05) is 29.8 Å². The highest BCUT2D eigenvalue weighted by Gasteiger charge is 2.10. The molecule has 0 spiro atoms. The van der Waals surface area contributed by atoms with Crippen molar-refractivity contribution in [3.63, 3.8) is 0 Å². The van der Waals surface area contributed by atoms with E-state index in [0.717, 1.165) is 16.3 Å². The van der Waals surface area contributed by atoms with Crippen LogP contribution in [0.15, 0.2) is 42.5 Å². The number of nitrogens with one attached hydrogen (secondary N) is 1. The number of rotatable bonds is 4. The Kier molecular flexibility index (Phi) is 4.17. The number of ether oxygens (including phenoxy) is 1. The summed E-state index contributed by atoms with van der Waals surface area (Å²) in [5.41, 5.74) is 8.61. The number of para-hydroxylation sites is 1. The van der Waals surface area contributed by atoms with Crippen LogP contribution in [-0.2, 0) is 0 Å². The van der Waals surface area contributed by atoms with Gasteiger partial charge in [-0.15, -0.1) is 0 Å². The lowest BCUT2D eigenvalue weighted by Crippen LogP contribution is -2.08. The van der Waals surface area contributed by atoms with Crippen molar-refractivity contribution in [1.82, 2.24) is 0 Å². The standard InChI is InChI=1S/C15H17ClN2O/c1-10(11-5-3-6-12(16)9-11)18-13-7-4-8-14(19-2)15(13)17/h3-10,18H,17H2,1-2H3. The molecule has 3 nitrogen and oxygen atoms in total. The van der Waals surface area contributed by atoms with Gasteiger partial charge in [0.15, 0.2) is 0 Å². The second-order valence-electron chi connectivity index (χ2n) is 4.34. The Labute approximate surface area is 118 Å². The van der Waals surface area contributed by atoms with Crippen LogP contribution < -0.4 is 15.8 Å². The molecule has 0 aliphatic heterocycles. The van der Waals surface area contributed by atoms with Crippen molar-refractivity contribution in [3.05, 3.63) is 53.1 Å². The lowest BCUT2D eigenvalue weighted by atomic mass is 10.1. The number of benzene rings is 2. The van der Waals surface area contributed by atoms with Crippen molar-refractivity contribution >= 4 is 23.0 Å². The monoisotopic (exact) mass is 276 g/mol. The molecule has 0 heterocycles. The van der Waals surface area contributed by atoms with Gasteiger partial charge in [-0.25, -0.2) is 0 Å². The third-order valence-corrected chi connectivity index (χ3v) is 3.24. The zero-order valence-corrected chi connectivity index (χ0v) is 11.7. The summed E-state index contributed by atoms with van der Waals surface area (Å²) in [6.45, 7) is 2.06. The quantitative estimate of drug-likeness (QED) is 0.827. The zero-order chi connectivity index (χ0) is 13.8. The minimum atomic E-state index is 0.105. The van der Waals surface area contributed by atoms with Gasteiger partial charge >= 0.3 is 0 Å². The summed E-state index contributed by atoms with van der Waals surface area (Å²) in [6.07, 6.45) is 0. The molecule has 0 saturated carbocycles. The summed E-state index contributed by atoms with van der Waals surface area (Å²) >= 11 is 6.00. The van der Waals surface area contributed by atoms with Crippen LogP contribution >= 0.6 is 11.6 Å². The molecule has 0 bridgehead atoms. The summed E-state index contributed by atoms with van der Waals surface area (Å²) in [7, 11) is 1.61. The lowest BCUT2D eigenvalue weighted by molar-refractivity contribution is 0.417. The second kappa shape index (κ2) is 5.85. The lowest BCUT2D eigenvalue weighted by Gasteiger charge is -2.18. The molecule has 4 heteroatoms. The van der Waals surface area contributed by atoms with E-state index in [1.807, 2.05) is 42.5 Å². The Bertz CT molecular complexity index is 572. The summed E-state index contributed by atoms with van der Waals surface area (Å²) in [6, 6.07) is 13.5. The largest absolute Gasteiger partial charge is 0.495 e. The summed E-state index contributed by atoms with van der Waals surface area (Å²) in [4.78, 5) is 0. The predicted octanol–water partition coefficient (Wildman–Crippen LogP) is 4.10. The van der Waals surface area contributed by atoms with E-state index < -0.39 is 0 Å². The summed E-state index contributed by atoms with van der Waals surface area (Å²) in [5.74, 6) is 0.670. The molecule has 2 rings (SSSR count). The number of halogens is 1. The van der Waals surface area contributed by atoms with Crippen LogP contribution in [0.4, 0.5) is 11.4 Å². The molecule has 1 unspecified atom stereocenters. The van der Waals surface area contributed by atoms with Crippen LogP contribution in [-0.4, -0.2) is 7.11 Å². The van der Waals surface area contributed by atoms with E-state index in [2.05, 4.69) is 12.2 Å².